The summed E-state index contributed by atoms with van der Waals surface area (Å²) in [6.45, 7) is 0.819. The number of nitrogens with two attached hydrogens (primary N) is 1. The second-order valence-corrected chi connectivity index (χ2v) is 1.59. The molecule has 0 bridgehead atoms. The third-order valence-electron chi connectivity index (χ3n) is 0.144. The van der Waals surface area contributed by atoms with Gasteiger partial charge in [0.15, 0.2) is 0 Å². The molecule has 0 atom stereocenters. The van der Waals surface area contributed by atoms with Gasteiger partial charge in [0.25, 0.3) is 0 Å². The first kappa shape index (κ1) is 4.48. The van der Waals surface area contributed by atoms with Crippen molar-refractivity contribution in [1.29, 1.82) is 0 Å². The van der Waals surface area contributed by atoms with Gasteiger partial charge < -0.3 is 0 Å². The topological polar surface area (TPSA) is 26.0 Å². The number of rotatable bonds is 1. The normalized spacial score (nSPS) is 7.50. The van der Waals surface area contributed by atoms with Gasteiger partial charge >= 0.3 is 33.6 Å². The van der Waals surface area contributed by atoms with Crippen LogP contribution in [0, 0.1) is 0 Å². The summed E-state index contributed by atoms with van der Waals surface area (Å²) in [6, 6.07) is 0. The van der Waals surface area contributed by atoms with Crippen molar-refractivity contribution in [1.82, 2.24) is 0 Å². The summed E-state index contributed by atoms with van der Waals surface area (Å²) in [4.78, 5) is 0. The Hall–Kier alpha value is 0.479. The van der Waals surface area contributed by atoms with Gasteiger partial charge in [0.05, 0.1) is 0 Å². The molecule has 0 aromatic rings. The summed E-state index contributed by atoms with van der Waals surface area (Å²) in [5.41, 5.74) is 5.03. The van der Waals surface area contributed by atoms with Gasteiger partial charge in [0.2, 0.25) is 0 Å². The van der Waals surface area contributed by atoms with Crippen molar-refractivity contribution in [3.05, 3.63) is 0 Å². The third kappa shape index (κ3) is 2.48. The zero-order chi connectivity index (χ0) is 3.41. The van der Waals surface area contributed by atoms with Crippen molar-refractivity contribution in [3.63, 3.8) is 0 Å². The van der Waals surface area contributed by atoms with E-state index in [1.807, 2.05) is 0 Å². The molecule has 2 N–H and O–H groups in total. The molecule has 0 saturated carbocycles. The Bertz CT molecular complexity index is 8.00. The van der Waals surface area contributed by atoms with Crippen LogP contribution in [0.15, 0.2) is 0 Å². The first-order valence-electron chi connectivity index (χ1n) is 1.26. The summed E-state index contributed by atoms with van der Waals surface area (Å²) in [5, 5.41) is 1.10. The van der Waals surface area contributed by atoms with Gasteiger partial charge in [-0.2, -0.15) is 0 Å². The van der Waals surface area contributed by atoms with Gasteiger partial charge in [-0.15, -0.1) is 0 Å². The molecule has 0 aliphatic carbocycles. The summed E-state index contributed by atoms with van der Waals surface area (Å²) < 4.78 is 0. The molecule has 0 aliphatic heterocycles. The summed E-state index contributed by atoms with van der Waals surface area (Å²) in [7, 11) is 0. The van der Waals surface area contributed by atoms with Crippen LogP contribution in [0.25, 0.3) is 0 Å². The van der Waals surface area contributed by atoms with Crippen LogP contribution >= 0.6 is 0 Å². The predicted octanol–water partition coefficient (Wildman–Crippen LogP) is -1.00. The fourth-order valence-electron chi connectivity index (χ4n) is 0. The van der Waals surface area contributed by atoms with Crippen LogP contribution in [0.1, 0.15) is 0 Å². The van der Waals surface area contributed by atoms with Gasteiger partial charge in [-0.25, -0.2) is 0 Å². The Morgan fingerprint density at radius 3 is 2.00 bits per heavy atom. The van der Waals surface area contributed by atoms with Crippen LogP contribution in [-0.2, 0) is 0 Å². The Morgan fingerprint density at radius 1 is 1.75 bits per heavy atom. The molecule has 0 aromatic carbocycles. The maximum atomic E-state index is 5.03. The zero-order valence-corrected chi connectivity index (χ0v) is 4.59. The minimum absolute atomic E-state index is 0.819. The molecule has 4 heavy (non-hydrogen) atoms. The molecule has 26 valence electrons. The molecule has 2 heteroatoms. The molecule has 0 rings (SSSR count). The van der Waals surface area contributed by atoms with E-state index in [9.17, 15) is 0 Å². The van der Waals surface area contributed by atoms with E-state index in [0.717, 1.165) is 11.9 Å². The van der Waals surface area contributed by atoms with Crippen LogP contribution in [0.2, 0.25) is 5.32 Å². The monoisotopic (exact) mass is 126 g/mol. The van der Waals surface area contributed by atoms with Crippen molar-refractivity contribution in [2.24, 2.45) is 5.73 Å². The first-order valence-corrected chi connectivity index (χ1v) is 2.75. The van der Waals surface area contributed by atoms with Crippen LogP contribution in [0.5, 0.6) is 0 Å². The fourth-order valence-corrected chi connectivity index (χ4v) is 0. The standard InChI is InChI=1S/C2H7NSe/c3-1-2-4/h4H,1-3H2/p+1. The Labute approximate surface area is 34.4 Å². The number of hydrogen-bond acceptors (Lipinski definition) is 1. The summed E-state index contributed by atoms with van der Waals surface area (Å²) in [5.74, 6) is 0. The van der Waals surface area contributed by atoms with E-state index < -0.39 is 0 Å². The van der Waals surface area contributed by atoms with Gasteiger partial charge in [-0.3, -0.25) is 0 Å². The van der Waals surface area contributed by atoms with Crippen molar-refractivity contribution < 1.29 is 0 Å². The maximum absolute atomic E-state index is 5.03. The fraction of sp³-hybridized carbons (Fsp3) is 1.00. The molecule has 0 fully saturated rings. The molecule has 0 saturated heterocycles. The molecule has 0 amide bonds. The van der Waals surface area contributed by atoms with Crippen molar-refractivity contribution in [2.75, 3.05) is 6.54 Å². The van der Waals surface area contributed by atoms with E-state index in [2.05, 4.69) is 16.0 Å². The average molecular weight is 125 g/mol. The van der Waals surface area contributed by atoms with E-state index in [1.165, 1.54) is 0 Å². The second-order valence-electron chi connectivity index (χ2n) is 0.539. The van der Waals surface area contributed by atoms with E-state index in [4.69, 9.17) is 5.73 Å². The SMILES string of the molecule is NCC[SeH2+]. The van der Waals surface area contributed by atoms with E-state index in [1.54, 1.807) is 0 Å². The molecule has 0 radical (unpaired) electrons. The first-order chi connectivity index (χ1) is 1.91. The minimum atomic E-state index is 0.819. The Kier molecular flexibility index (Phi) is 3.90. The van der Waals surface area contributed by atoms with Gasteiger partial charge in [0.1, 0.15) is 0 Å². The van der Waals surface area contributed by atoms with Crippen LogP contribution < -0.4 is 5.73 Å². The third-order valence-corrected chi connectivity index (χ3v) is 0.750. The second kappa shape index (κ2) is 3.48. The summed E-state index contributed by atoms with van der Waals surface area (Å²) >= 11 is 2.06. The van der Waals surface area contributed by atoms with E-state index in [-0.39, 0.29) is 0 Å². The van der Waals surface area contributed by atoms with Gasteiger partial charge in [-0.05, 0) is 0 Å². The predicted molar refractivity (Wildman–Crippen MR) is 22.4 cm³/mol. The molecule has 0 heterocycles. The van der Waals surface area contributed by atoms with Crippen molar-refractivity contribution in [3.8, 4) is 0 Å². The zero-order valence-electron chi connectivity index (χ0n) is 2.49. The molecule has 0 unspecified atom stereocenters. The molecule has 0 aromatic heterocycles. The van der Waals surface area contributed by atoms with Gasteiger partial charge in [0, 0.05) is 0 Å². The van der Waals surface area contributed by atoms with E-state index >= 15 is 0 Å². The Morgan fingerprint density at radius 2 is 2.00 bits per heavy atom. The number of hydrogen-bond donors (Lipinski definition) is 1. The molecule has 0 aliphatic rings. The quantitative estimate of drug-likeness (QED) is 0.447. The Balaban J connectivity index is 1.97. The average Bonchev–Trinajstić information content (AvgIpc) is 1.37. The van der Waals surface area contributed by atoms with Gasteiger partial charge in [-0.1, -0.05) is 0 Å². The van der Waals surface area contributed by atoms with Crippen molar-refractivity contribution in [2.45, 2.75) is 5.32 Å². The summed E-state index contributed by atoms with van der Waals surface area (Å²) in [6.07, 6.45) is 0. The molecular formula is C2H8NSe+. The van der Waals surface area contributed by atoms with Crippen molar-refractivity contribution >= 4 is 16.0 Å². The van der Waals surface area contributed by atoms with Crippen LogP contribution in [0.3, 0.4) is 0 Å². The molecule has 0 spiro atoms. The van der Waals surface area contributed by atoms with Crippen LogP contribution in [0.4, 0.5) is 0 Å². The molecular weight excluding hydrogens is 117 g/mol. The molecule has 1 nitrogen and oxygen atoms in total. The van der Waals surface area contributed by atoms with Crippen LogP contribution in [-0.4, -0.2) is 22.6 Å². The van der Waals surface area contributed by atoms with E-state index in [0.29, 0.717) is 0 Å².